The van der Waals surface area contributed by atoms with E-state index in [1.54, 1.807) is 13.0 Å². The van der Waals surface area contributed by atoms with Crippen LogP contribution in [0.5, 0.6) is 0 Å². The molecule has 0 spiro atoms. The zero-order valence-electron chi connectivity index (χ0n) is 17.1. The molecule has 0 saturated heterocycles. The van der Waals surface area contributed by atoms with E-state index in [0.717, 1.165) is 35.3 Å². The van der Waals surface area contributed by atoms with E-state index >= 15 is 0 Å². The van der Waals surface area contributed by atoms with Crippen molar-refractivity contribution in [1.82, 2.24) is 0 Å². The number of nitrogens with two attached hydrogens (primary N) is 1. The Kier molecular flexibility index (Phi) is 6.56. The number of nitrogen functional groups attached to an aromatic ring is 1. The first kappa shape index (κ1) is 20.5. The third-order valence-corrected chi connectivity index (χ3v) is 5.27. The summed E-state index contributed by atoms with van der Waals surface area (Å²) in [5.74, 6) is 6.46. The van der Waals surface area contributed by atoms with Gasteiger partial charge in [0.2, 0.25) is 5.91 Å². The van der Waals surface area contributed by atoms with E-state index in [-0.39, 0.29) is 11.7 Å². The molecule has 0 aromatic heterocycles. The van der Waals surface area contributed by atoms with Crippen LogP contribution < -0.4 is 16.0 Å². The van der Waals surface area contributed by atoms with Gasteiger partial charge in [0, 0.05) is 35.5 Å². The number of nitrogens with zero attached hydrogens (tertiary/aromatic N) is 1. The van der Waals surface area contributed by atoms with E-state index in [4.69, 9.17) is 11.1 Å². The molecular weight excluding hydrogens is 360 g/mol. The van der Waals surface area contributed by atoms with Gasteiger partial charge < -0.3 is 16.0 Å². The Labute approximate surface area is 172 Å². The molecule has 0 radical (unpaired) electrons. The maximum absolute atomic E-state index is 12.2. The fraction of sp³-hybridized carbons (Fsp3) is 0.333. The van der Waals surface area contributed by atoms with Crippen molar-refractivity contribution in [3.05, 3.63) is 59.2 Å². The summed E-state index contributed by atoms with van der Waals surface area (Å²) in [4.78, 5) is 14.2. The van der Waals surface area contributed by atoms with E-state index in [1.165, 1.54) is 12.8 Å². The fourth-order valence-electron chi connectivity index (χ4n) is 3.88. The Balaban J connectivity index is 1.67. The zero-order chi connectivity index (χ0) is 20.8. The summed E-state index contributed by atoms with van der Waals surface area (Å²) < 4.78 is 0. The number of amides is 1. The molecule has 3 rings (SSSR count). The van der Waals surface area contributed by atoms with Gasteiger partial charge in [-0.25, -0.2) is 0 Å². The van der Waals surface area contributed by atoms with Crippen molar-refractivity contribution in [1.29, 1.82) is 5.41 Å². The maximum Gasteiger partial charge on any atom is 0.224 e. The molecule has 1 amide bonds. The molecule has 0 heterocycles. The topological polar surface area (TPSA) is 82.2 Å². The van der Waals surface area contributed by atoms with Crippen molar-refractivity contribution >= 4 is 23.1 Å². The van der Waals surface area contributed by atoms with Crippen molar-refractivity contribution < 1.29 is 4.79 Å². The van der Waals surface area contributed by atoms with Crippen LogP contribution in [0.15, 0.2) is 42.5 Å². The molecular formula is C24H28N4O. The SMILES string of the molecule is CC(=O)N(c1ccc(C#CCNc2cccc(C(=N)N)c2)cc1C)C1CCCC1. The number of hydrogen-bond donors (Lipinski definition) is 3. The van der Waals surface area contributed by atoms with E-state index in [1.807, 2.05) is 48.2 Å². The summed E-state index contributed by atoms with van der Waals surface area (Å²) in [5.41, 5.74) is 10.1. The molecule has 0 unspecified atom stereocenters. The molecule has 5 heteroatoms. The maximum atomic E-state index is 12.2. The largest absolute Gasteiger partial charge is 0.384 e. The Bertz CT molecular complexity index is 964. The summed E-state index contributed by atoms with van der Waals surface area (Å²) in [6.45, 7) is 4.18. The molecule has 29 heavy (non-hydrogen) atoms. The highest BCUT2D eigenvalue weighted by Crippen LogP contribution is 2.30. The van der Waals surface area contributed by atoms with Crippen LogP contribution in [0, 0.1) is 24.2 Å². The van der Waals surface area contributed by atoms with Crippen molar-refractivity contribution in [3.63, 3.8) is 0 Å². The molecule has 0 atom stereocenters. The van der Waals surface area contributed by atoms with E-state index in [2.05, 4.69) is 17.2 Å². The van der Waals surface area contributed by atoms with Crippen LogP contribution in [0.4, 0.5) is 11.4 Å². The van der Waals surface area contributed by atoms with Crippen LogP contribution in [0.1, 0.15) is 49.3 Å². The normalized spacial score (nSPS) is 13.4. The number of anilines is 2. The minimum atomic E-state index is 0.0486. The Morgan fingerprint density at radius 3 is 2.66 bits per heavy atom. The summed E-state index contributed by atoms with van der Waals surface area (Å²) in [6, 6.07) is 13.8. The van der Waals surface area contributed by atoms with Gasteiger partial charge >= 0.3 is 0 Å². The summed E-state index contributed by atoms with van der Waals surface area (Å²) in [6.07, 6.45) is 4.55. The molecule has 4 N–H and O–H groups in total. The van der Waals surface area contributed by atoms with Crippen LogP contribution in [0.3, 0.4) is 0 Å². The predicted octanol–water partition coefficient (Wildman–Crippen LogP) is 4.04. The lowest BCUT2D eigenvalue weighted by atomic mass is 10.1. The highest BCUT2D eigenvalue weighted by atomic mass is 16.2. The number of hydrogen-bond acceptors (Lipinski definition) is 3. The number of carbonyl (C=O) groups is 1. The fourth-order valence-corrected chi connectivity index (χ4v) is 3.88. The van der Waals surface area contributed by atoms with Crippen LogP contribution in [-0.2, 0) is 4.79 Å². The first-order chi connectivity index (χ1) is 14.0. The Morgan fingerprint density at radius 1 is 1.24 bits per heavy atom. The number of nitrogens with one attached hydrogen (secondary N) is 2. The molecule has 1 fully saturated rings. The highest BCUT2D eigenvalue weighted by molar-refractivity contribution is 5.95. The van der Waals surface area contributed by atoms with Crippen molar-refractivity contribution in [2.24, 2.45) is 5.73 Å². The highest BCUT2D eigenvalue weighted by Gasteiger charge is 2.26. The first-order valence-electron chi connectivity index (χ1n) is 10.0. The third kappa shape index (κ3) is 5.17. The standard InChI is InChI=1S/C24H28N4O/c1-17-15-19(7-6-14-27-21-9-5-8-20(16-21)24(25)26)12-13-23(17)28(18(2)29)22-10-3-4-11-22/h5,8-9,12-13,15-16,22,27H,3-4,10-11,14H2,1-2H3,(H3,25,26). The second kappa shape index (κ2) is 9.29. The van der Waals surface area contributed by atoms with E-state index in [9.17, 15) is 4.79 Å². The minimum Gasteiger partial charge on any atom is -0.384 e. The zero-order valence-corrected chi connectivity index (χ0v) is 17.1. The van der Waals surface area contributed by atoms with E-state index in [0.29, 0.717) is 18.2 Å². The van der Waals surface area contributed by atoms with Crippen molar-refractivity contribution in [2.45, 2.75) is 45.6 Å². The average Bonchev–Trinajstić information content (AvgIpc) is 3.21. The Hall–Kier alpha value is -3.26. The molecule has 2 aromatic rings. The number of amidine groups is 1. The predicted molar refractivity (Wildman–Crippen MR) is 119 cm³/mol. The lowest BCUT2D eigenvalue weighted by Crippen LogP contribution is -2.37. The second-order valence-corrected chi connectivity index (χ2v) is 7.48. The number of carbonyl (C=O) groups excluding carboxylic acids is 1. The van der Waals surface area contributed by atoms with Crippen LogP contribution >= 0.6 is 0 Å². The monoisotopic (exact) mass is 388 g/mol. The smallest absolute Gasteiger partial charge is 0.224 e. The summed E-state index contributed by atoms with van der Waals surface area (Å²) in [7, 11) is 0. The van der Waals surface area contributed by atoms with Crippen LogP contribution in [0.2, 0.25) is 0 Å². The molecule has 0 bridgehead atoms. The molecule has 150 valence electrons. The average molecular weight is 389 g/mol. The van der Waals surface area contributed by atoms with Gasteiger partial charge in [0.15, 0.2) is 0 Å². The van der Waals surface area contributed by atoms with Gasteiger partial charge in [-0.3, -0.25) is 10.2 Å². The van der Waals surface area contributed by atoms with Crippen LogP contribution in [-0.4, -0.2) is 24.3 Å². The van der Waals surface area contributed by atoms with E-state index < -0.39 is 0 Å². The van der Waals surface area contributed by atoms with Gasteiger partial charge in [-0.05, 0) is 55.7 Å². The van der Waals surface area contributed by atoms with Gasteiger partial charge in [-0.2, -0.15) is 0 Å². The molecule has 5 nitrogen and oxygen atoms in total. The quantitative estimate of drug-likeness (QED) is 0.411. The lowest BCUT2D eigenvalue weighted by Gasteiger charge is -2.29. The minimum absolute atomic E-state index is 0.0486. The second-order valence-electron chi connectivity index (χ2n) is 7.48. The third-order valence-electron chi connectivity index (χ3n) is 5.27. The summed E-state index contributed by atoms with van der Waals surface area (Å²) >= 11 is 0. The van der Waals surface area contributed by atoms with Gasteiger partial charge in [0.25, 0.3) is 0 Å². The molecule has 1 aliphatic rings. The summed E-state index contributed by atoms with van der Waals surface area (Å²) in [5, 5.41) is 10.7. The first-order valence-corrected chi connectivity index (χ1v) is 10.0. The Morgan fingerprint density at radius 2 is 2.00 bits per heavy atom. The molecule has 1 saturated carbocycles. The molecule has 2 aromatic carbocycles. The lowest BCUT2D eigenvalue weighted by molar-refractivity contribution is -0.117. The van der Waals surface area contributed by atoms with Crippen molar-refractivity contribution in [3.8, 4) is 11.8 Å². The number of rotatable bonds is 5. The van der Waals surface area contributed by atoms with Crippen LogP contribution in [0.25, 0.3) is 0 Å². The number of aryl methyl sites for hydroxylation is 1. The van der Waals surface area contributed by atoms with Gasteiger partial charge in [0.05, 0.1) is 6.54 Å². The van der Waals surface area contributed by atoms with Gasteiger partial charge in [0.1, 0.15) is 5.84 Å². The van der Waals surface area contributed by atoms with Crippen molar-refractivity contribution in [2.75, 3.05) is 16.8 Å². The number of benzene rings is 2. The molecule has 0 aliphatic heterocycles. The van der Waals surface area contributed by atoms with Gasteiger partial charge in [-0.1, -0.05) is 36.8 Å². The van der Waals surface area contributed by atoms with Gasteiger partial charge in [-0.15, -0.1) is 0 Å². The molecule has 1 aliphatic carbocycles.